The number of ether oxygens (including phenoxy) is 1. The molecule has 1 fully saturated rings. The van der Waals surface area contributed by atoms with Gasteiger partial charge in [-0.2, -0.15) is 0 Å². The third-order valence-corrected chi connectivity index (χ3v) is 7.55. The molecule has 9 heteroatoms. The first-order chi connectivity index (χ1) is 16.6. The lowest BCUT2D eigenvalue weighted by Gasteiger charge is -2.32. The van der Waals surface area contributed by atoms with Crippen molar-refractivity contribution in [2.45, 2.75) is 36.7 Å². The van der Waals surface area contributed by atoms with Gasteiger partial charge in [-0.05, 0) is 62.7 Å². The number of nitrogens with zero attached hydrogens (tertiary/aromatic N) is 3. The van der Waals surface area contributed by atoms with Gasteiger partial charge >= 0.3 is 0 Å². The largest absolute Gasteiger partial charge is 0.497 e. The number of carbonyl (C=O) groups excluding carboxylic acids is 1. The molecule has 2 aromatic heterocycles. The summed E-state index contributed by atoms with van der Waals surface area (Å²) in [5.41, 5.74) is 2.42. The molecule has 4 heterocycles. The Bertz CT molecular complexity index is 1200. The molecule has 1 saturated heterocycles. The van der Waals surface area contributed by atoms with Crippen LogP contribution in [-0.4, -0.2) is 59.3 Å². The van der Waals surface area contributed by atoms with Gasteiger partial charge in [-0.3, -0.25) is 9.78 Å². The number of hydrogen-bond donors (Lipinski definition) is 2. The molecule has 7 nitrogen and oxygen atoms in total. The maximum absolute atomic E-state index is 14.6. The Labute approximate surface area is 202 Å². The summed E-state index contributed by atoms with van der Waals surface area (Å²) in [6, 6.07) is 10.1. The van der Waals surface area contributed by atoms with Crippen molar-refractivity contribution in [3.05, 3.63) is 53.6 Å². The smallest absolute Gasteiger partial charge is 0.235 e. The van der Waals surface area contributed by atoms with E-state index in [1.807, 2.05) is 30.3 Å². The second-order valence-corrected chi connectivity index (χ2v) is 9.72. The summed E-state index contributed by atoms with van der Waals surface area (Å²) in [6.07, 6.45) is 4.02. The number of thioether (sulfide) groups is 1. The summed E-state index contributed by atoms with van der Waals surface area (Å²) in [7, 11) is 1.62. The number of likely N-dealkylation sites (tertiary alicyclic amines) is 1. The fraction of sp³-hybridized carbons (Fsp3) is 0.400. The fourth-order valence-corrected chi connectivity index (χ4v) is 5.32. The van der Waals surface area contributed by atoms with Crippen molar-refractivity contribution in [3.8, 4) is 5.75 Å². The van der Waals surface area contributed by atoms with E-state index in [1.165, 1.54) is 18.0 Å². The molecule has 5 rings (SSSR count). The maximum Gasteiger partial charge on any atom is 0.235 e. The van der Waals surface area contributed by atoms with E-state index in [1.54, 1.807) is 7.11 Å². The maximum atomic E-state index is 14.6. The van der Waals surface area contributed by atoms with Gasteiger partial charge < -0.3 is 20.3 Å². The molecule has 2 aliphatic rings. The number of methoxy groups -OCH3 is 1. The molecule has 178 valence electrons. The van der Waals surface area contributed by atoms with Gasteiger partial charge in [0, 0.05) is 30.1 Å². The van der Waals surface area contributed by atoms with Crippen LogP contribution in [0.5, 0.6) is 5.75 Å². The second kappa shape index (κ2) is 10.2. The Kier molecular flexibility index (Phi) is 6.94. The van der Waals surface area contributed by atoms with Crippen LogP contribution in [0.2, 0.25) is 0 Å². The second-order valence-electron chi connectivity index (χ2n) is 8.70. The minimum Gasteiger partial charge on any atom is -0.497 e. The zero-order valence-corrected chi connectivity index (χ0v) is 20.0. The average Bonchev–Trinajstić information content (AvgIpc) is 2.87. The fourth-order valence-electron chi connectivity index (χ4n) is 4.57. The lowest BCUT2D eigenvalue weighted by molar-refractivity contribution is -0.113. The number of aromatic nitrogens is 2. The highest BCUT2D eigenvalue weighted by atomic mass is 32.2. The van der Waals surface area contributed by atoms with E-state index in [-0.39, 0.29) is 11.7 Å². The van der Waals surface area contributed by atoms with E-state index in [9.17, 15) is 9.18 Å². The van der Waals surface area contributed by atoms with Gasteiger partial charge in [0.1, 0.15) is 17.4 Å². The molecule has 0 radical (unpaired) electrons. The number of piperidine rings is 1. The minimum absolute atomic E-state index is 0.00117. The number of hydrogen-bond acceptors (Lipinski definition) is 7. The third kappa shape index (κ3) is 5.16. The average molecular weight is 482 g/mol. The predicted molar refractivity (Wildman–Crippen MR) is 132 cm³/mol. The van der Waals surface area contributed by atoms with Crippen LogP contribution in [0.25, 0.3) is 10.9 Å². The minimum atomic E-state index is -0.260. The molecule has 0 saturated carbocycles. The monoisotopic (exact) mass is 481 g/mol. The highest BCUT2D eigenvalue weighted by Crippen LogP contribution is 2.30. The lowest BCUT2D eigenvalue weighted by Crippen LogP contribution is -2.43. The van der Waals surface area contributed by atoms with Gasteiger partial charge in [-0.25, -0.2) is 9.37 Å². The van der Waals surface area contributed by atoms with Gasteiger partial charge in [-0.15, -0.1) is 11.8 Å². The molecule has 1 amide bonds. The van der Waals surface area contributed by atoms with E-state index in [2.05, 4.69) is 25.5 Å². The summed E-state index contributed by atoms with van der Waals surface area (Å²) in [5.74, 6) is 1.57. The zero-order chi connectivity index (χ0) is 23.5. The number of rotatable bonds is 7. The molecule has 3 aromatic rings. The van der Waals surface area contributed by atoms with Gasteiger partial charge in [0.2, 0.25) is 5.91 Å². The predicted octanol–water partition coefficient (Wildman–Crippen LogP) is 3.62. The molecular weight excluding hydrogens is 453 g/mol. The molecule has 2 aliphatic heterocycles. The zero-order valence-electron chi connectivity index (χ0n) is 19.1. The van der Waals surface area contributed by atoms with E-state index in [4.69, 9.17) is 4.74 Å². The van der Waals surface area contributed by atoms with Crippen molar-refractivity contribution in [3.63, 3.8) is 0 Å². The third-order valence-electron chi connectivity index (χ3n) is 6.50. The van der Waals surface area contributed by atoms with E-state index < -0.39 is 0 Å². The number of nitrogens with one attached hydrogen (secondary N) is 2. The summed E-state index contributed by atoms with van der Waals surface area (Å²) >= 11 is 1.52. The van der Waals surface area contributed by atoms with Crippen LogP contribution in [0.4, 0.5) is 10.2 Å². The first kappa shape index (κ1) is 23.0. The van der Waals surface area contributed by atoms with Crippen molar-refractivity contribution in [2.75, 3.05) is 37.8 Å². The summed E-state index contributed by atoms with van der Waals surface area (Å²) in [4.78, 5) is 23.8. The van der Waals surface area contributed by atoms with Crippen LogP contribution in [0, 0.1) is 5.82 Å². The Hall–Kier alpha value is -2.75. The highest BCUT2D eigenvalue weighted by molar-refractivity contribution is 8.00. The van der Waals surface area contributed by atoms with Crippen molar-refractivity contribution >= 4 is 34.4 Å². The summed E-state index contributed by atoms with van der Waals surface area (Å²) < 4.78 is 19.9. The van der Waals surface area contributed by atoms with Crippen molar-refractivity contribution in [2.24, 2.45) is 0 Å². The van der Waals surface area contributed by atoms with Gasteiger partial charge in [0.05, 0.1) is 35.2 Å². The molecule has 34 heavy (non-hydrogen) atoms. The summed E-state index contributed by atoms with van der Waals surface area (Å²) in [5, 5.41) is 7.28. The van der Waals surface area contributed by atoms with E-state index in [0.717, 1.165) is 54.0 Å². The van der Waals surface area contributed by atoms with Crippen molar-refractivity contribution in [1.82, 2.24) is 20.2 Å². The normalized spacial score (nSPS) is 16.9. The standard InChI is InChI=1S/C25H28FN5O2S/c1-33-18-3-4-22-20(12-18)19(21(26)14-28-22)8-11-31-9-6-16(7-10-31)27-13-17-2-5-23-25(29-17)30-24(32)15-34-23/h2-5,12,14,16,27H,6-11,13,15H2,1H3,(H,29,30,32). The Morgan fingerprint density at radius 2 is 2.12 bits per heavy atom. The first-order valence-corrected chi connectivity index (χ1v) is 12.6. The Morgan fingerprint density at radius 3 is 2.94 bits per heavy atom. The Balaban J connectivity index is 1.13. The number of amides is 1. The molecule has 0 aliphatic carbocycles. The number of fused-ring (bicyclic) bond motifs is 2. The van der Waals surface area contributed by atoms with Gasteiger partial charge in [0.15, 0.2) is 0 Å². The van der Waals surface area contributed by atoms with Crippen LogP contribution in [0.3, 0.4) is 0 Å². The van der Waals surface area contributed by atoms with Gasteiger partial charge in [0.25, 0.3) is 0 Å². The lowest BCUT2D eigenvalue weighted by atomic mass is 10.0. The van der Waals surface area contributed by atoms with Crippen molar-refractivity contribution < 1.29 is 13.9 Å². The quantitative estimate of drug-likeness (QED) is 0.534. The number of anilines is 1. The Morgan fingerprint density at radius 1 is 1.26 bits per heavy atom. The number of halogens is 1. The van der Waals surface area contributed by atoms with Gasteiger partial charge in [-0.1, -0.05) is 0 Å². The number of pyridine rings is 2. The van der Waals surface area contributed by atoms with E-state index in [0.29, 0.717) is 41.9 Å². The van der Waals surface area contributed by atoms with Crippen LogP contribution in [0.1, 0.15) is 24.1 Å². The molecule has 1 aromatic carbocycles. The number of carbonyl (C=O) groups is 1. The topological polar surface area (TPSA) is 79.4 Å². The molecule has 0 bridgehead atoms. The molecule has 0 unspecified atom stereocenters. The summed E-state index contributed by atoms with van der Waals surface area (Å²) in [6.45, 7) is 3.42. The van der Waals surface area contributed by atoms with Crippen LogP contribution >= 0.6 is 11.8 Å². The SMILES string of the molecule is COc1ccc2ncc(F)c(CCN3CCC(NCc4ccc5c(n4)NC(=O)CS5)CC3)c2c1. The van der Waals surface area contributed by atoms with Crippen LogP contribution in [0.15, 0.2) is 41.4 Å². The first-order valence-electron chi connectivity index (χ1n) is 11.6. The van der Waals surface area contributed by atoms with Crippen LogP contribution in [-0.2, 0) is 17.8 Å². The van der Waals surface area contributed by atoms with Crippen molar-refractivity contribution in [1.29, 1.82) is 0 Å². The van der Waals surface area contributed by atoms with E-state index >= 15 is 0 Å². The van der Waals surface area contributed by atoms with Crippen LogP contribution < -0.4 is 15.4 Å². The molecular formula is C25H28FN5O2S. The molecule has 0 spiro atoms. The highest BCUT2D eigenvalue weighted by Gasteiger charge is 2.21. The molecule has 2 N–H and O–H groups in total. The molecule has 0 atom stereocenters. The number of benzene rings is 1.